The highest BCUT2D eigenvalue weighted by Gasteiger charge is 2.29. The molecule has 0 spiro atoms. The van der Waals surface area contributed by atoms with Crippen molar-refractivity contribution < 1.29 is 14.4 Å². The predicted molar refractivity (Wildman–Crippen MR) is 47.6 cm³/mol. The lowest BCUT2D eigenvalue weighted by atomic mass is 10.4. The summed E-state index contributed by atoms with van der Waals surface area (Å²) in [6.07, 6.45) is 1.18. The molecule has 1 saturated heterocycles. The molecule has 0 aliphatic carbocycles. The number of amides is 2. The van der Waals surface area contributed by atoms with Crippen molar-refractivity contribution in [1.29, 1.82) is 0 Å². The molecule has 0 aromatic rings. The SMILES string of the molecule is CC(=O)SC1CN(C=O)N(C=O)C1. The van der Waals surface area contributed by atoms with Gasteiger partial charge in [-0.2, -0.15) is 0 Å². The number of thioether (sulfide) groups is 1. The zero-order valence-corrected chi connectivity index (χ0v) is 7.99. The molecule has 0 N–H and O–H groups in total. The van der Waals surface area contributed by atoms with Gasteiger partial charge < -0.3 is 0 Å². The summed E-state index contributed by atoms with van der Waals surface area (Å²) in [5.74, 6) is 0. The molecule has 2 amide bonds. The van der Waals surface area contributed by atoms with Crippen molar-refractivity contribution in [2.75, 3.05) is 13.1 Å². The van der Waals surface area contributed by atoms with Gasteiger partial charge in [-0.15, -0.1) is 0 Å². The van der Waals surface area contributed by atoms with Crippen LogP contribution < -0.4 is 0 Å². The molecule has 0 aromatic carbocycles. The molecular weight excluding hydrogens is 192 g/mol. The van der Waals surface area contributed by atoms with Gasteiger partial charge in [-0.3, -0.25) is 24.4 Å². The van der Waals surface area contributed by atoms with Crippen molar-refractivity contribution in [2.24, 2.45) is 0 Å². The number of carbonyl (C=O) groups excluding carboxylic acids is 3. The smallest absolute Gasteiger partial charge is 0.228 e. The van der Waals surface area contributed by atoms with Crippen LogP contribution in [0.1, 0.15) is 6.92 Å². The fourth-order valence-corrected chi connectivity index (χ4v) is 2.13. The van der Waals surface area contributed by atoms with E-state index in [2.05, 4.69) is 0 Å². The van der Waals surface area contributed by atoms with Crippen molar-refractivity contribution in [3.8, 4) is 0 Å². The van der Waals surface area contributed by atoms with Gasteiger partial charge in [0.25, 0.3) is 0 Å². The molecule has 6 heteroatoms. The second-order valence-electron chi connectivity index (χ2n) is 2.69. The first-order chi connectivity index (χ1) is 6.17. The lowest BCUT2D eigenvalue weighted by Gasteiger charge is -2.17. The molecule has 0 saturated carbocycles. The number of nitrogens with zero attached hydrogens (tertiary/aromatic N) is 2. The molecule has 0 radical (unpaired) electrons. The fourth-order valence-electron chi connectivity index (χ4n) is 1.20. The summed E-state index contributed by atoms with van der Waals surface area (Å²) in [6, 6.07) is 0. The summed E-state index contributed by atoms with van der Waals surface area (Å²) >= 11 is 1.16. The van der Waals surface area contributed by atoms with Crippen LogP contribution in [-0.2, 0) is 14.4 Å². The van der Waals surface area contributed by atoms with Crippen LogP contribution in [0.2, 0.25) is 0 Å². The minimum absolute atomic E-state index is 0.00333. The highest BCUT2D eigenvalue weighted by Crippen LogP contribution is 2.20. The molecular formula is C7H10N2O3S. The molecule has 13 heavy (non-hydrogen) atoms. The number of hydrogen-bond donors (Lipinski definition) is 0. The van der Waals surface area contributed by atoms with Gasteiger partial charge in [0.2, 0.25) is 12.8 Å². The van der Waals surface area contributed by atoms with Crippen LogP contribution in [0.15, 0.2) is 0 Å². The zero-order valence-electron chi connectivity index (χ0n) is 7.17. The largest absolute Gasteiger partial charge is 0.288 e. The Bertz CT molecular complexity index is 218. The summed E-state index contributed by atoms with van der Waals surface area (Å²) in [7, 11) is 0. The van der Waals surface area contributed by atoms with Gasteiger partial charge in [0.05, 0.1) is 18.3 Å². The van der Waals surface area contributed by atoms with Gasteiger partial charge in [0.1, 0.15) is 0 Å². The quantitative estimate of drug-likeness (QED) is 0.578. The van der Waals surface area contributed by atoms with Gasteiger partial charge in [-0.05, 0) is 0 Å². The molecule has 1 aliphatic heterocycles. The average Bonchev–Trinajstić information content (AvgIpc) is 2.45. The third-order valence-electron chi connectivity index (χ3n) is 1.69. The van der Waals surface area contributed by atoms with Crippen LogP contribution in [0.4, 0.5) is 0 Å². The fraction of sp³-hybridized carbons (Fsp3) is 0.571. The molecule has 5 nitrogen and oxygen atoms in total. The first kappa shape index (κ1) is 10.0. The average molecular weight is 202 g/mol. The van der Waals surface area contributed by atoms with Crippen LogP contribution in [0.5, 0.6) is 0 Å². The van der Waals surface area contributed by atoms with Crippen molar-refractivity contribution >= 4 is 29.7 Å². The Morgan fingerprint density at radius 3 is 2.08 bits per heavy atom. The first-order valence-electron chi connectivity index (χ1n) is 3.78. The molecule has 0 atom stereocenters. The second kappa shape index (κ2) is 4.27. The van der Waals surface area contributed by atoms with Crippen LogP contribution in [0.25, 0.3) is 0 Å². The predicted octanol–water partition coefficient (Wildman–Crippen LogP) is -0.520. The highest BCUT2D eigenvalue weighted by molar-refractivity contribution is 8.14. The van der Waals surface area contributed by atoms with Gasteiger partial charge in [0, 0.05) is 6.92 Å². The van der Waals surface area contributed by atoms with Crippen molar-refractivity contribution in [1.82, 2.24) is 10.0 Å². The third kappa shape index (κ3) is 2.45. The van der Waals surface area contributed by atoms with E-state index in [0.29, 0.717) is 25.9 Å². The maximum absolute atomic E-state index is 10.7. The van der Waals surface area contributed by atoms with E-state index in [0.717, 1.165) is 11.8 Å². The summed E-state index contributed by atoms with van der Waals surface area (Å²) in [6.45, 7) is 2.32. The van der Waals surface area contributed by atoms with Gasteiger partial charge in [-0.25, -0.2) is 0 Å². The third-order valence-corrected chi connectivity index (χ3v) is 2.65. The number of carbonyl (C=O) groups is 3. The number of hydrazine groups is 1. The van der Waals surface area contributed by atoms with E-state index >= 15 is 0 Å². The van der Waals surface area contributed by atoms with Crippen molar-refractivity contribution in [3.63, 3.8) is 0 Å². The highest BCUT2D eigenvalue weighted by atomic mass is 32.2. The van der Waals surface area contributed by atoms with Crippen LogP contribution in [-0.4, -0.2) is 46.3 Å². The summed E-state index contributed by atoms with van der Waals surface area (Å²) in [5.41, 5.74) is 0. The van der Waals surface area contributed by atoms with E-state index in [1.165, 1.54) is 16.9 Å². The van der Waals surface area contributed by atoms with E-state index < -0.39 is 0 Å². The number of rotatable bonds is 3. The summed E-state index contributed by atoms with van der Waals surface area (Å²) < 4.78 is 0. The van der Waals surface area contributed by atoms with E-state index in [-0.39, 0.29) is 10.4 Å². The Balaban J connectivity index is 2.52. The van der Waals surface area contributed by atoms with E-state index in [1.54, 1.807) is 0 Å². The molecule has 1 rings (SSSR count). The minimum atomic E-state index is 0.00333. The first-order valence-corrected chi connectivity index (χ1v) is 4.66. The molecule has 1 fully saturated rings. The van der Waals surface area contributed by atoms with E-state index in [4.69, 9.17) is 0 Å². The van der Waals surface area contributed by atoms with Gasteiger partial charge >= 0.3 is 0 Å². The van der Waals surface area contributed by atoms with Crippen molar-refractivity contribution in [2.45, 2.75) is 12.2 Å². The van der Waals surface area contributed by atoms with Gasteiger partial charge in [-0.1, -0.05) is 11.8 Å². The Kier molecular flexibility index (Phi) is 3.30. The monoisotopic (exact) mass is 202 g/mol. The Morgan fingerprint density at radius 2 is 1.77 bits per heavy atom. The standard InChI is InChI=1S/C7H10N2O3S/c1-6(12)13-7-2-8(4-10)9(3-7)5-11/h4-5,7H,2-3H2,1H3. The Morgan fingerprint density at radius 1 is 1.31 bits per heavy atom. The normalized spacial score (nSPS) is 17.6. The molecule has 0 bridgehead atoms. The van der Waals surface area contributed by atoms with Crippen LogP contribution >= 0.6 is 11.8 Å². The van der Waals surface area contributed by atoms with E-state index in [1.807, 2.05) is 0 Å². The topological polar surface area (TPSA) is 57.7 Å². The van der Waals surface area contributed by atoms with Crippen molar-refractivity contribution in [3.05, 3.63) is 0 Å². The van der Waals surface area contributed by atoms with Gasteiger partial charge in [0.15, 0.2) is 5.12 Å². The molecule has 1 heterocycles. The lowest BCUT2D eigenvalue weighted by molar-refractivity contribution is -0.141. The van der Waals surface area contributed by atoms with Crippen LogP contribution in [0, 0.1) is 0 Å². The zero-order chi connectivity index (χ0) is 9.84. The summed E-state index contributed by atoms with van der Waals surface area (Å²) in [5, 5.41) is 2.55. The molecule has 1 aliphatic rings. The van der Waals surface area contributed by atoms with Crippen LogP contribution in [0.3, 0.4) is 0 Å². The second-order valence-corrected chi connectivity index (χ2v) is 4.16. The molecule has 0 aromatic heterocycles. The maximum Gasteiger partial charge on any atom is 0.228 e. The maximum atomic E-state index is 10.7. The molecule has 0 unspecified atom stereocenters. The Hall–Kier alpha value is -1.04. The number of hydrogen-bond acceptors (Lipinski definition) is 4. The Labute approximate surface area is 80.0 Å². The van der Waals surface area contributed by atoms with E-state index in [9.17, 15) is 14.4 Å². The minimum Gasteiger partial charge on any atom is -0.288 e. The molecule has 72 valence electrons. The summed E-state index contributed by atoms with van der Waals surface area (Å²) in [4.78, 5) is 31.6. The lowest BCUT2D eigenvalue weighted by Crippen LogP contribution is -2.33.